The monoisotopic (exact) mass is 306 g/mol. The summed E-state index contributed by atoms with van der Waals surface area (Å²) in [7, 11) is 0. The first-order chi connectivity index (χ1) is 9.72. The van der Waals surface area contributed by atoms with E-state index in [0.717, 1.165) is 15.6 Å². The van der Waals surface area contributed by atoms with Crippen LogP contribution in [-0.2, 0) is 6.54 Å². The highest BCUT2D eigenvalue weighted by Crippen LogP contribution is 2.29. The Morgan fingerprint density at radius 2 is 2.25 bits per heavy atom. The topological polar surface area (TPSA) is 80.9 Å². The smallest absolute Gasteiger partial charge is 0.358 e. The number of para-hydroxylation sites is 1. The summed E-state index contributed by atoms with van der Waals surface area (Å²) in [4.78, 5) is 15.2. The zero-order valence-corrected chi connectivity index (χ0v) is 11.9. The quantitative estimate of drug-likeness (QED) is 0.729. The molecule has 8 heteroatoms. The van der Waals surface area contributed by atoms with Gasteiger partial charge in [-0.05, 0) is 12.1 Å². The first-order valence-corrected chi connectivity index (χ1v) is 7.64. The molecule has 0 unspecified atom stereocenters. The molecule has 1 aromatic carbocycles. The molecule has 0 aliphatic heterocycles. The summed E-state index contributed by atoms with van der Waals surface area (Å²) in [6.07, 6.45) is 1.43. The average Bonchev–Trinajstić information content (AvgIpc) is 3.04. The highest BCUT2D eigenvalue weighted by atomic mass is 32.2. The average molecular weight is 306 g/mol. The van der Waals surface area contributed by atoms with Crippen LogP contribution in [0.5, 0.6) is 0 Å². The molecule has 2 aromatic heterocycles. The number of aromatic carboxylic acids is 1. The molecule has 0 radical (unpaired) electrons. The van der Waals surface area contributed by atoms with E-state index in [1.165, 1.54) is 15.6 Å². The molecule has 6 nitrogen and oxygen atoms in total. The maximum atomic E-state index is 10.7. The first-order valence-electron chi connectivity index (χ1n) is 5.84. The van der Waals surface area contributed by atoms with E-state index in [4.69, 9.17) is 5.11 Å². The van der Waals surface area contributed by atoms with E-state index in [0.29, 0.717) is 6.54 Å². The van der Waals surface area contributed by atoms with Crippen molar-refractivity contribution in [2.45, 2.75) is 10.9 Å². The number of benzene rings is 1. The van der Waals surface area contributed by atoms with Crippen LogP contribution >= 0.6 is 23.1 Å². The fourth-order valence-corrected chi connectivity index (χ4v) is 3.71. The summed E-state index contributed by atoms with van der Waals surface area (Å²) in [6, 6.07) is 8.01. The molecular weight excluding hydrogens is 296 g/mol. The zero-order chi connectivity index (χ0) is 13.9. The van der Waals surface area contributed by atoms with E-state index in [1.54, 1.807) is 23.1 Å². The summed E-state index contributed by atoms with van der Waals surface area (Å²) in [6.45, 7) is 0.598. The predicted octanol–water partition coefficient (Wildman–Crippen LogP) is 2.38. The van der Waals surface area contributed by atoms with E-state index in [1.807, 2.05) is 24.3 Å². The second-order valence-electron chi connectivity index (χ2n) is 3.97. The van der Waals surface area contributed by atoms with Crippen molar-refractivity contribution in [1.29, 1.82) is 0 Å². The van der Waals surface area contributed by atoms with Crippen molar-refractivity contribution < 1.29 is 9.90 Å². The SMILES string of the molecule is O=C(O)c1cn(CCSc2nc3ccccc3s2)nn1. The molecule has 2 heterocycles. The van der Waals surface area contributed by atoms with Gasteiger partial charge in [0.1, 0.15) is 0 Å². The second kappa shape index (κ2) is 5.59. The Morgan fingerprint density at radius 1 is 1.40 bits per heavy atom. The van der Waals surface area contributed by atoms with Gasteiger partial charge in [-0.1, -0.05) is 29.1 Å². The Labute approximate surface area is 122 Å². The second-order valence-corrected chi connectivity index (χ2v) is 6.34. The normalized spacial score (nSPS) is 11.0. The standard InChI is InChI=1S/C12H10N4O2S2/c17-11(18)9-7-16(15-14-9)5-6-19-12-13-8-3-1-2-4-10(8)20-12/h1-4,7H,5-6H2,(H,17,18). The Hall–Kier alpha value is -1.93. The highest BCUT2D eigenvalue weighted by molar-refractivity contribution is 8.01. The van der Waals surface area contributed by atoms with Gasteiger partial charge in [0.25, 0.3) is 0 Å². The number of thiazole rings is 1. The van der Waals surface area contributed by atoms with E-state index < -0.39 is 5.97 Å². The van der Waals surface area contributed by atoms with Gasteiger partial charge in [-0.25, -0.2) is 9.78 Å². The summed E-state index contributed by atoms with van der Waals surface area (Å²) in [5.74, 6) is -0.294. The molecule has 0 atom stereocenters. The van der Waals surface area contributed by atoms with Gasteiger partial charge in [0.15, 0.2) is 10.0 Å². The van der Waals surface area contributed by atoms with Gasteiger partial charge in [-0.15, -0.1) is 16.4 Å². The molecule has 0 saturated carbocycles. The maximum absolute atomic E-state index is 10.7. The van der Waals surface area contributed by atoms with Crippen LogP contribution in [0.4, 0.5) is 0 Å². The number of rotatable bonds is 5. The number of nitrogens with zero attached hydrogens (tertiary/aromatic N) is 4. The van der Waals surface area contributed by atoms with Crippen LogP contribution in [0.1, 0.15) is 10.5 Å². The number of hydrogen-bond acceptors (Lipinski definition) is 6. The molecule has 20 heavy (non-hydrogen) atoms. The van der Waals surface area contributed by atoms with E-state index >= 15 is 0 Å². The fourth-order valence-electron chi connectivity index (χ4n) is 1.64. The van der Waals surface area contributed by atoms with E-state index in [9.17, 15) is 4.79 Å². The number of carbonyl (C=O) groups is 1. The number of hydrogen-bond donors (Lipinski definition) is 1. The molecular formula is C12H10N4O2S2. The summed E-state index contributed by atoms with van der Waals surface area (Å²) < 4.78 is 3.71. The predicted molar refractivity (Wildman–Crippen MR) is 77.3 cm³/mol. The maximum Gasteiger partial charge on any atom is 0.358 e. The number of aromatic nitrogens is 4. The van der Waals surface area contributed by atoms with Crippen LogP contribution in [0.2, 0.25) is 0 Å². The minimum absolute atomic E-state index is 0.0324. The van der Waals surface area contributed by atoms with Crippen LogP contribution in [0, 0.1) is 0 Å². The van der Waals surface area contributed by atoms with Crippen molar-refractivity contribution in [2.75, 3.05) is 5.75 Å². The molecule has 0 spiro atoms. The van der Waals surface area contributed by atoms with Crippen molar-refractivity contribution in [3.05, 3.63) is 36.2 Å². The van der Waals surface area contributed by atoms with Crippen LogP contribution < -0.4 is 0 Å². The van der Waals surface area contributed by atoms with Gasteiger partial charge in [0.05, 0.1) is 23.0 Å². The van der Waals surface area contributed by atoms with Crippen molar-refractivity contribution in [1.82, 2.24) is 20.0 Å². The third-order valence-electron chi connectivity index (χ3n) is 2.58. The molecule has 102 valence electrons. The van der Waals surface area contributed by atoms with Crippen LogP contribution in [0.25, 0.3) is 10.2 Å². The van der Waals surface area contributed by atoms with Gasteiger partial charge in [0, 0.05) is 5.75 Å². The first kappa shape index (κ1) is 13.1. The molecule has 1 N–H and O–H groups in total. The van der Waals surface area contributed by atoms with Crippen LogP contribution in [0.3, 0.4) is 0 Å². The highest BCUT2D eigenvalue weighted by Gasteiger charge is 2.08. The molecule has 0 aliphatic carbocycles. The zero-order valence-electron chi connectivity index (χ0n) is 10.3. The molecule has 0 bridgehead atoms. The number of thioether (sulfide) groups is 1. The lowest BCUT2D eigenvalue weighted by Gasteiger charge is -1.97. The van der Waals surface area contributed by atoms with Gasteiger partial charge < -0.3 is 5.11 Å². The molecule has 0 aliphatic rings. The third kappa shape index (κ3) is 2.81. The Bertz CT molecular complexity index is 720. The van der Waals surface area contributed by atoms with E-state index in [-0.39, 0.29) is 5.69 Å². The van der Waals surface area contributed by atoms with Crippen molar-refractivity contribution in [3.8, 4) is 0 Å². The summed E-state index contributed by atoms with van der Waals surface area (Å²) >= 11 is 3.28. The lowest BCUT2D eigenvalue weighted by atomic mass is 10.3. The lowest BCUT2D eigenvalue weighted by Crippen LogP contribution is -2.01. The van der Waals surface area contributed by atoms with E-state index in [2.05, 4.69) is 15.3 Å². The minimum atomic E-state index is -1.06. The summed E-state index contributed by atoms with van der Waals surface area (Å²) in [5, 5.41) is 16.1. The third-order valence-corrected chi connectivity index (χ3v) is 4.74. The van der Waals surface area contributed by atoms with Gasteiger partial charge in [-0.2, -0.15) is 0 Å². The van der Waals surface area contributed by atoms with Crippen LogP contribution in [-0.4, -0.2) is 36.8 Å². The fraction of sp³-hybridized carbons (Fsp3) is 0.167. The number of fused-ring (bicyclic) bond motifs is 1. The molecule has 0 fully saturated rings. The minimum Gasteiger partial charge on any atom is -0.476 e. The van der Waals surface area contributed by atoms with Crippen molar-refractivity contribution in [2.24, 2.45) is 0 Å². The van der Waals surface area contributed by atoms with Gasteiger partial charge in [0.2, 0.25) is 0 Å². The lowest BCUT2D eigenvalue weighted by molar-refractivity contribution is 0.0690. The largest absolute Gasteiger partial charge is 0.476 e. The molecule has 0 saturated heterocycles. The number of aryl methyl sites for hydroxylation is 1. The van der Waals surface area contributed by atoms with Gasteiger partial charge in [-0.3, -0.25) is 4.68 Å². The Morgan fingerprint density at radius 3 is 3.00 bits per heavy atom. The van der Waals surface area contributed by atoms with Gasteiger partial charge >= 0.3 is 5.97 Å². The summed E-state index contributed by atoms with van der Waals surface area (Å²) in [5.41, 5.74) is 0.976. The Kier molecular flexibility index (Phi) is 3.66. The van der Waals surface area contributed by atoms with Crippen molar-refractivity contribution >= 4 is 39.3 Å². The number of carboxylic acids is 1. The molecule has 0 amide bonds. The molecule has 3 rings (SSSR count). The van der Waals surface area contributed by atoms with Crippen molar-refractivity contribution in [3.63, 3.8) is 0 Å². The Balaban J connectivity index is 1.60. The number of carboxylic acid groups (broad SMARTS) is 1. The molecule has 3 aromatic rings. The van der Waals surface area contributed by atoms with Crippen LogP contribution in [0.15, 0.2) is 34.8 Å².